The Morgan fingerprint density at radius 3 is 2.41 bits per heavy atom. The molecule has 0 aliphatic carbocycles. The van der Waals surface area contributed by atoms with Crippen molar-refractivity contribution in [1.29, 1.82) is 0 Å². The van der Waals surface area contributed by atoms with Crippen LogP contribution in [-0.2, 0) is 9.53 Å². The molecule has 0 bridgehead atoms. The molecular weight excluding hydrogens is 230 g/mol. The lowest BCUT2D eigenvalue weighted by molar-refractivity contribution is -0.155. The van der Waals surface area contributed by atoms with Crippen LogP contribution in [0.25, 0.3) is 5.57 Å². The van der Waals surface area contributed by atoms with Crippen molar-refractivity contribution in [2.24, 2.45) is 0 Å². The van der Waals surface area contributed by atoms with Crippen molar-refractivity contribution in [3.63, 3.8) is 0 Å². The Bertz CT molecular complexity index is 490. The number of carboxylic acid groups (broad SMARTS) is 1. The molecule has 3 nitrogen and oxygen atoms in total. The van der Waals surface area contributed by atoms with Gasteiger partial charge in [-0.25, -0.2) is 13.6 Å². The van der Waals surface area contributed by atoms with Gasteiger partial charge in [0.25, 0.3) is 0 Å². The molecule has 17 heavy (non-hydrogen) atoms. The van der Waals surface area contributed by atoms with Crippen LogP contribution in [-0.4, -0.2) is 16.7 Å². The minimum atomic E-state index is -1.36. The lowest BCUT2D eigenvalue weighted by Gasteiger charge is -2.17. The Hall–Kier alpha value is -1.91. The smallest absolute Gasteiger partial charge is 0.348 e. The lowest BCUT2D eigenvalue weighted by Crippen LogP contribution is -2.34. The fraction of sp³-hybridized carbons (Fsp3) is 0.250. The van der Waals surface area contributed by atoms with Gasteiger partial charge in [-0.05, 0) is 30.2 Å². The largest absolute Gasteiger partial charge is 0.483 e. The van der Waals surface area contributed by atoms with Crippen molar-refractivity contribution in [2.75, 3.05) is 0 Å². The molecule has 1 aromatic carbocycles. The first-order valence-corrected chi connectivity index (χ1v) is 4.97. The molecule has 1 atom stereocenters. The maximum Gasteiger partial charge on any atom is 0.348 e. The first kappa shape index (κ1) is 11.6. The van der Waals surface area contributed by atoms with Crippen molar-refractivity contribution < 1.29 is 23.4 Å². The molecule has 1 aliphatic heterocycles. The van der Waals surface area contributed by atoms with Gasteiger partial charge >= 0.3 is 5.97 Å². The molecule has 0 saturated carbocycles. The highest BCUT2D eigenvalue weighted by molar-refractivity contribution is 5.83. The van der Waals surface area contributed by atoms with E-state index < -0.39 is 23.2 Å². The summed E-state index contributed by atoms with van der Waals surface area (Å²) in [5.74, 6) is -2.52. The number of carboxylic acids is 1. The Balaban J connectivity index is 2.29. The minimum absolute atomic E-state index is 0.0746. The number of benzene rings is 1. The monoisotopic (exact) mass is 240 g/mol. The van der Waals surface area contributed by atoms with Gasteiger partial charge < -0.3 is 9.84 Å². The second-order valence-electron chi connectivity index (χ2n) is 4.13. The highest BCUT2D eigenvalue weighted by Crippen LogP contribution is 2.35. The van der Waals surface area contributed by atoms with E-state index in [1.165, 1.54) is 13.2 Å². The summed E-state index contributed by atoms with van der Waals surface area (Å²) >= 11 is 0. The van der Waals surface area contributed by atoms with E-state index in [-0.39, 0.29) is 6.42 Å². The SMILES string of the molecule is CC1(C(=O)O)CC(c2cc(F)cc(F)c2)=CO1. The van der Waals surface area contributed by atoms with Gasteiger partial charge in [0.15, 0.2) is 0 Å². The second kappa shape index (κ2) is 3.84. The van der Waals surface area contributed by atoms with Gasteiger partial charge in [0, 0.05) is 12.5 Å². The van der Waals surface area contributed by atoms with Crippen LogP contribution in [0.3, 0.4) is 0 Å². The molecule has 90 valence electrons. The molecule has 1 unspecified atom stereocenters. The molecule has 1 aliphatic rings. The Kier molecular flexibility index (Phi) is 2.61. The van der Waals surface area contributed by atoms with E-state index >= 15 is 0 Å². The molecule has 5 heteroatoms. The van der Waals surface area contributed by atoms with Gasteiger partial charge in [0.1, 0.15) is 11.6 Å². The van der Waals surface area contributed by atoms with Crippen LogP contribution in [0.1, 0.15) is 18.9 Å². The zero-order chi connectivity index (χ0) is 12.6. The van der Waals surface area contributed by atoms with Crippen LogP contribution in [0.2, 0.25) is 0 Å². The van der Waals surface area contributed by atoms with Crippen molar-refractivity contribution >= 4 is 11.5 Å². The quantitative estimate of drug-likeness (QED) is 0.864. The zero-order valence-corrected chi connectivity index (χ0v) is 9.04. The molecular formula is C12H10F2O3. The summed E-state index contributed by atoms with van der Waals surface area (Å²) in [6, 6.07) is 3.05. The summed E-state index contributed by atoms with van der Waals surface area (Å²) in [5, 5.41) is 8.94. The molecule has 0 aromatic heterocycles. The molecule has 0 radical (unpaired) electrons. The van der Waals surface area contributed by atoms with E-state index in [1.54, 1.807) is 0 Å². The van der Waals surface area contributed by atoms with Crippen molar-refractivity contribution in [3.05, 3.63) is 41.7 Å². The van der Waals surface area contributed by atoms with Crippen LogP contribution < -0.4 is 0 Å². The predicted molar refractivity (Wildman–Crippen MR) is 56.1 cm³/mol. The summed E-state index contributed by atoms with van der Waals surface area (Å²) in [7, 11) is 0. The van der Waals surface area contributed by atoms with E-state index in [2.05, 4.69) is 0 Å². The summed E-state index contributed by atoms with van der Waals surface area (Å²) in [6.45, 7) is 1.41. The number of carbonyl (C=O) groups is 1. The number of ether oxygens (including phenoxy) is 1. The normalized spacial score (nSPS) is 23.1. The Morgan fingerprint density at radius 1 is 1.35 bits per heavy atom. The first-order valence-electron chi connectivity index (χ1n) is 4.97. The van der Waals surface area contributed by atoms with Gasteiger partial charge in [-0.1, -0.05) is 0 Å². The third-order valence-corrected chi connectivity index (χ3v) is 2.67. The third kappa shape index (κ3) is 2.13. The van der Waals surface area contributed by atoms with E-state index in [4.69, 9.17) is 9.84 Å². The van der Waals surface area contributed by atoms with Crippen LogP contribution >= 0.6 is 0 Å². The van der Waals surface area contributed by atoms with E-state index in [1.807, 2.05) is 0 Å². The third-order valence-electron chi connectivity index (χ3n) is 2.67. The fourth-order valence-electron chi connectivity index (χ4n) is 1.68. The molecule has 0 spiro atoms. The van der Waals surface area contributed by atoms with Crippen molar-refractivity contribution in [2.45, 2.75) is 18.9 Å². The van der Waals surface area contributed by atoms with E-state index in [9.17, 15) is 13.6 Å². The first-order chi connectivity index (χ1) is 7.90. The highest BCUT2D eigenvalue weighted by Gasteiger charge is 2.40. The Labute approximate surface area is 96.3 Å². The molecule has 0 amide bonds. The molecule has 1 heterocycles. The molecule has 0 fully saturated rings. The van der Waals surface area contributed by atoms with Crippen LogP contribution in [0.15, 0.2) is 24.5 Å². The van der Waals surface area contributed by atoms with Crippen LogP contribution in [0.5, 0.6) is 0 Å². The maximum atomic E-state index is 13.0. The maximum absolute atomic E-state index is 13.0. The van der Waals surface area contributed by atoms with Gasteiger partial charge in [-0.2, -0.15) is 0 Å². The molecule has 1 N–H and O–H groups in total. The molecule has 1 aromatic rings. The average molecular weight is 240 g/mol. The van der Waals surface area contributed by atoms with Crippen molar-refractivity contribution in [3.8, 4) is 0 Å². The summed E-state index contributed by atoms with van der Waals surface area (Å²) in [6.07, 6.45) is 1.31. The number of hydrogen-bond acceptors (Lipinski definition) is 2. The summed E-state index contributed by atoms with van der Waals surface area (Å²) < 4.78 is 31.1. The standard InChI is InChI=1S/C12H10F2O3/c1-12(11(15)16)5-8(6-17-12)7-2-9(13)4-10(14)3-7/h2-4,6H,5H2,1H3,(H,15,16). The topological polar surface area (TPSA) is 46.5 Å². The summed E-state index contributed by atoms with van der Waals surface area (Å²) in [5.41, 5.74) is -0.598. The van der Waals surface area contributed by atoms with E-state index in [0.717, 1.165) is 18.2 Å². The summed E-state index contributed by atoms with van der Waals surface area (Å²) in [4.78, 5) is 10.9. The molecule has 2 rings (SSSR count). The molecule has 0 saturated heterocycles. The minimum Gasteiger partial charge on any atom is -0.483 e. The van der Waals surface area contributed by atoms with Gasteiger partial charge in [-0.15, -0.1) is 0 Å². The second-order valence-corrected chi connectivity index (χ2v) is 4.13. The van der Waals surface area contributed by atoms with Gasteiger partial charge in [0.2, 0.25) is 5.60 Å². The lowest BCUT2D eigenvalue weighted by atomic mass is 9.95. The number of aliphatic carboxylic acids is 1. The number of hydrogen-bond donors (Lipinski definition) is 1. The van der Waals surface area contributed by atoms with Gasteiger partial charge in [0.05, 0.1) is 6.26 Å². The highest BCUT2D eigenvalue weighted by atomic mass is 19.1. The Morgan fingerprint density at radius 2 is 1.94 bits per heavy atom. The number of halogens is 2. The van der Waals surface area contributed by atoms with Gasteiger partial charge in [-0.3, -0.25) is 0 Å². The fourth-order valence-corrected chi connectivity index (χ4v) is 1.68. The predicted octanol–water partition coefficient (Wildman–Crippen LogP) is 2.57. The van der Waals surface area contributed by atoms with Crippen LogP contribution in [0.4, 0.5) is 8.78 Å². The average Bonchev–Trinajstić information content (AvgIpc) is 2.61. The number of rotatable bonds is 2. The van der Waals surface area contributed by atoms with Crippen molar-refractivity contribution in [1.82, 2.24) is 0 Å². The van der Waals surface area contributed by atoms with Crippen LogP contribution in [0, 0.1) is 11.6 Å². The zero-order valence-electron chi connectivity index (χ0n) is 9.04. The van der Waals surface area contributed by atoms with E-state index in [0.29, 0.717) is 11.1 Å².